The van der Waals surface area contributed by atoms with Gasteiger partial charge in [-0.2, -0.15) is 0 Å². The maximum absolute atomic E-state index is 12.5. The first kappa shape index (κ1) is 16.5. The molecule has 1 aromatic rings. The molecule has 6 heteroatoms. The highest BCUT2D eigenvalue weighted by Crippen LogP contribution is 2.23. The van der Waals surface area contributed by atoms with Crippen molar-refractivity contribution in [1.82, 2.24) is 4.90 Å². The number of esters is 1. The lowest BCUT2D eigenvalue weighted by Gasteiger charge is -2.21. The molecule has 0 radical (unpaired) electrons. The molecular weight excluding hydrogens is 326 g/mol. The number of methoxy groups -OCH3 is 2. The summed E-state index contributed by atoms with van der Waals surface area (Å²) in [5.41, 5.74) is 0.510. The SMILES string of the molecule is CCN(CCC(=O)OC)C(=O)c1cc(OC)ccc1Br. The predicted molar refractivity (Wildman–Crippen MR) is 78.9 cm³/mol. The topological polar surface area (TPSA) is 55.8 Å². The highest BCUT2D eigenvalue weighted by atomic mass is 79.9. The van der Waals surface area contributed by atoms with Crippen LogP contribution < -0.4 is 4.74 Å². The van der Waals surface area contributed by atoms with Crippen LogP contribution in [0.2, 0.25) is 0 Å². The second-order valence-electron chi connectivity index (χ2n) is 4.06. The molecule has 0 aliphatic rings. The Kier molecular flexibility index (Phi) is 6.51. The lowest BCUT2D eigenvalue weighted by Crippen LogP contribution is -2.33. The first-order valence-electron chi connectivity index (χ1n) is 6.23. The van der Waals surface area contributed by atoms with E-state index in [2.05, 4.69) is 20.7 Å². The van der Waals surface area contributed by atoms with Crippen LogP contribution in [0.15, 0.2) is 22.7 Å². The van der Waals surface area contributed by atoms with E-state index in [1.807, 2.05) is 6.92 Å². The van der Waals surface area contributed by atoms with Crippen LogP contribution in [0.4, 0.5) is 0 Å². The van der Waals surface area contributed by atoms with Crippen LogP contribution >= 0.6 is 15.9 Å². The molecule has 0 saturated heterocycles. The van der Waals surface area contributed by atoms with E-state index in [1.54, 1.807) is 30.2 Å². The normalized spacial score (nSPS) is 10.0. The third kappa shape index (κ3) is 4.23. The van der Waals surface area contributed by atoms with Crippen molar-refractivity contribution in [3.63, 3.8) is 0 Å². The highest BCUT2D eigenvalue weighted by molar-refractivity contribution is 9.10. The third-order valence-corrected chi connectivity index (χ3v) is 3.58. The maximum atomic E-state index is 12.5. The van der Waals surface area contributed by atoms with E-state index in [1.165, 1.54) is 7.11 Å². The number of amides is 1. The number of nitrogens with zero attached hydrogens (tertiary/aromatic N) is 1. The van der Waals surface area contributed by atoms with Gasteiger partial charge in [-0.15, -0.1) is 0 Å². The number of hydrogen-bond donors (Lipinski definition) is 0. The van der Waals surface area contributed by atoms with Crippen molar-refractivity contribution in [3.8, 4) is 5.75 Å². The molecule has 1 rings (SSSR count). The maximum Gasteiger partial charge on any atom is 0.307 e. The molecule has 1 aromatic carbocycles. The van der Waals surface area contributed by atoms with Crippen molar-refractivity contribution in [2.45, 2.75) is 13.3 Å². The van der Waals surface area contributed by atoms with Gasteiger partial charge >= 0.3 is 5.97 Å². The Morgan fingerprint density at radius 2 is 2.00 bits per heavy atom. The number of ether oxygens (including phenoxy) is 2. The van der Waals surface area contributed by atoms with Gasteiger partial charge in [0.05, 0.1) is 26.2 Å². The molecule has 0 heterocycles. The van der Waals surface area contributed by atoms with Gasteiger partial charge in [0.1, 0.15) is 5.75 Å². The molecule has 0 bridgehead atoms. The van der Waals surface area contributed by atoms with Crippen LogP contribution in [0.5, 0.6) is 5.75 Å². The van der Waals surface area contributed by atoms with E-state index in [-0.39, 0.29) is 18.3 Å². The molecule has 0 saturated carbocycles. The van der Waals surface area contributed by atoms with Gasteiger partial charge in [-0.1, -0.05) is 0 Å². The van der Waals surface area contributed by atoms with Crippen LogP contribution in [0.3, 0.4) is 0 Å². The summed E-state index contributed by atoms with van der Waals surface area (Å²) in [7, 11) is 2.88. The van der Waals surface area contributed by atoms with E-state index in [0.29, 0.717) is 28.9 Å². The Morgan fingerprint density at radius 3 is 2.55 bits per heavy atom. The summed E-state index contributed by atoms with van der Waals surface area (Å²) in [5, 5.41) is 0. The summed E-state index contributed by atoms with van der Waals surface area (Å²) in [6.07, 6.45) is 0.178. The Hall–Kier alpha value is -1.56. The minimum atomic E-state index is -0.332. The number of carbonyl (C=O) groups excluding carboxylic acids is 2. The molecule has 5 nitrogen and oxygen atoms in total. The minimum absolute atomic E-state index is 0.151. The lowest BCUT2D eigenvalue weighted by molar-refractivity contribution is -0.140. The van der Waals surface area contributed by atoms with Gasteiger partial charge in [0, 0.05) is 17.6 Å². The molecule has 1 amide bonds. The smallest absolute Gasteiger partial charge is 0.307 e. The summed E-state index contributed by atoms with van der Waals surface area (Å²) in [6, 6.07) is 5.21. The van der Waals surface area contributed by atoms with Gasteiger partial charge in [-0.25, -0.2) is 0 Å². The minimum Gasteiger partial charge on any atom is -0.497 e. The van der Waals surface area contributed by atoms with Gasteiger partial charge in [-0.05, 0) is 41.1 Å². The van der Waals surface area contributed by atoms with Crippen LogP contribution in [0.1, 0.15) is 23.7 Å². The summed E-state index contributed by atoms with van der Waals surface area (Å²) >= 11 is 3.36. The summed E-state index contributed by atoms with van der Waals surface area (Å²) < 4.78 is 10.4. The van der Waals surface area contributed by atoms with Gasteiger partial charge < -0.3 is 14.4 Å². The largest absolute Gasteiger partial charge is 0.497 e. The van der Waals surface area contributed by atoms with Crippen LogP contribution in [-0.2, 0) is 9.53 Å². The fourth-order valence-corrected chi connectivity index (χ4v) is 2.11. The van der Waals surface area contributed by atoms with Crippen LogP contribution in [0, 0.1) is 0 Å². The van der Waals surface area contributed by atoms with Crippen molar-refractivity contribution in [2.75, 3.05) is 27.3 Å². The quantitative estimate of drug-likeness (QED) is 0.744. The van der Waals surface area contributed by atoms with Crippen molar-refractivity contribution < 1.29 is 19.1 Å². The zero-order valence-corrected chi connectivity index (χ0v) is 13.4. The fourth-order valence-electron chi connectivity index (χ4n) is 1.70. The molecule has 0 spiro atoms. The number of carbonyl (C=O) groups is 2. The average Bonchev–Trinajstić information content (AvgIpc) is 2.47. The van der Waals surface area contributed by atoms with Crippen LogP contribution in [-0.4, -0.2) is 44.1 Å². The standard InChI is InChI=1S/C14H18BrNO4/c1-4-16(8-7-13(17)20-3)14(18)11-9-10(19-2)5-6-12(11)15/h5-6,9H,4,7-8H2,1-3H3. The predicted octanol–water partition coefficient (Wildman–Crippen LogP) is 2.48. The van der Waals surface area contributed by atoms with Crippen molar-refractivity contribution >= 4 is 27.8 Å². The average molecular weight is 344 g/mol. The molecule has 0 unspecified atom stereocenters. The summed E-state index contributed by atoms with van der Waals surface area (Å²) in [5.74, 6) is 0.128. The molecule has 0 fully saturated rings. The molecule has 0 aromatic heterocycles. The molecule has 0 N–H and O–H groups in total. The van der Waals surface area contributed by atoms with E-state index in [4.69, 9.17) is 4.74 Å². The monoisotopic (exact) mass is 343 g/mol. The highest BCUT2D eigenvalue weighted by Gasteiger charge is 2.18. The Morgan fingerprint density at radius 1 is 1.30 bits per heavy atom. The molecule has 110 valence electrons. The van der Waals surface area contributed by atoms with Crippen molar-refractivity contribution in [1.29, 1.82) is 0 Å². The van der Waals surface area contributed by atoms with Gasteiger partial charge in [-0.3, -0.25) is 9.59 Å². The molecule has 0 aliphatic heterocycles. The zero-order chi connectivity index (χ0) is 15.1. The number of rotatable bonds is 6. The first-order valence-corrected chi connectivity index (χ1v) is 7.02. The zero-order valence-electron chi connectivity index (χ0n) is 11.8. The third-order valence-electron chi connectivity index (χ3n) is 2.89. The first-order chi connectivity index (χ1) is 9.53. The fraction of sp³-hybridized carbons (Fsp3) is 0.429. The molecule has 0 atom stereocenters. The Bertz CT molecular complexity index is 490. The van der Waals surface area contributed by atoms with E-state index in [9.17, 15) is 9.59 Å². The second kappa shape index (κ2) is 7.89. The summed E-state index contributed by atoms with van der Waals surface area (Å²) in [4.78, 5) is 25.2. The summed E-state index contributed by atoms with van der Waals surface area (Å²) in [6.45, 7) is 2.70. The van der Waals surface area contributed by atoms with Crippen molar-refractivity contribution in [2.24, 2.45) is 0 Å². The number of benzene rings is 1. The molecule has 0 aliphatic carbocycles. The molecular formula is C14H18BrNO4. The van der Waals surface area contributed by atoms with E-state index in [0.717, 1.165) is 0 Å². The van der Waals surface area contributed by atoms with Crippen molar-refractivity contribution in [3.05, 3.63) is 28.2 Å². The number of halogens is 1. The van der Waals surface area contributed by atoms with Gasteiger partial charge in [0.25, 0.3) is 5.91 Å². The van der Waals surface area contributed by atoms with E-state index >= 15 is 0 Å². The Labute approximate surface area is 127 Å². The molecule has 20 heavy (non-hydrogen) atoms. The lowest BCUT2D eigenvalue weighted by atomic mass is 10.2. The van der Waals surface area contributed by atoms with E-state index < -0.39 is 0 Å². The Balaban J connectivity index is 2.87. The van der Waals surface area contributed by atoms with Crippen LogP contribution in [0.25, 0.3) is 0 Å². The second-order valence-corrected chi connectivity index (χ2v) is 4.91. The van der Waals surface area contributed by atoms with Gasteiger partial charge in [0.2, 0.25) is 0 Å². The number of hydrogen-bond acceptors (Lipinski definition) is 4. The van der Waals surface area contributed by atoms with Gasteiger partial charge in [0.15, 0.2) is 0 Å².